The third-order valence-corrected chi connectivity index (χ3v) is 7.53. The Balaban J connectivity index is 1.61. The molecule has 0 unspecified atom stereocenters. The highest BCUT2D eigenvalue weighted by Gasteiger charge is 2.31. The van der Waals surface area contributed by atoms with Gasteiger partial charge in [0.2, 0.25) is 5.91 Å². The van der Waals surface area contributed by atoms with Crippen LogP contribution in [0.1, 0.15) is 71.0 Å². The van der Waals surface area contributed by atoms with Crippen LogP contribution in [0.15, 0.2) is 18.3 Å². The fourth-order valence-electron chi connectivity index (χ4n) is 4.47. The lowest BCUT2D eigenvalue weighted by molar-refractivity contribution is -0.117. The van der Waals surface area contributed by atoms with E-state index in [2.05, 4.69) is 20.5 Å². The predicted octanol–water partition coefficient (Wildman–Crippen LogP) is 5.17. The van der Waals surface area contributed by atoms with Crippen LogP contribution in [0.4, 0.5) is 23.2 Å². The molecule has 4 heterocycles. The van der Waals surface area contributed by atoms with E-state index in [0.717, 1.165) is 24.2 Å². The number of primary amides is 1. The number of hydrogen-bond donors (Lipinski definition) is 2. The number of carbonyl (C=O) groups excluding carboxylic acids is 2. The van der Waals surface area contributed by atoms with E-state index in [0.29, 0.717) is 29.1 Å². The number of rotatable bonds is 9. The smallest absolute Gasteiger partial charge is 0.282 e. The molecule has 2 amide bonds. The molecule has 9 nitrogen and oxygen atoms in total. The lowest BCUT2D eigenvalue weighted by Gasteiger charge is -2.12. The van der Waals surface area contributed by atoms with Gasteiger partial charge in [-0.2, -0.15) is 10.2 Å². The van der Waals surface area contributed by atoms with Crippen LogP contribution in [0, 0.1) is 6.92 Å². The minimum Gasteiger partial charge on any atom is -0.365 e. The Morgan fingerprint density at radius 2 is 1.84 bits per heavy atom. The number of aryl methyl sites for hydroxylation is 1. The molecule has 4 aromatic heterocycles. The Morgan fingerprint density at radius 3 is 2.42 bits per heavy atom. The second-order valence-electron chi connectivity index (χ2n) is 8.98. The van der Waals surface area contributed by atoms with Gasteiger partial charge in [0, 0.05) is 34.8 Å². The van der Waals surface area contributed by atoms with Gasteiger partial charge < -0.3 is 11.1 Å². The second-order valence-corrected chi connectivity index (χ2v) is 9.98. The van der Waals surface area contributed by atoms with Crippen molar-refractivity contribution < 1.29 is 27.2 Å². The summed E-state index contributed by atoms with van der Waals surface area (Å²) in [6.45, 7) is 3.80. The Labute approximate surface area is 217 Å². The van der Waals surface area contributed by atoms with Crippen LogP contribution >= 0.6 is 11.3 Å². The highest BCUT2D eigenvalue weighted by molar-refractivity contribution is 7.21. The first-order valence-corrected chi connectivity index (χ1v) is 12.6. The molecule has 0 spiro atoms. The van der Waals surface area contributed by atoms with Crippen molar-refractivity contribution in [2.45, 2.75) is 58.5 Å². The topological polar surface area (TPSA) is 121 Å². The van der Waals surface area contributed by atoms with E-state index >= 15 is 0 Å². The van der Waals surface area contributed by atoms with Crippen molar-refractivity contribution in [1.29, 1.82) is 0 Å². The van der Waals surface area contributed by atoms with E-state index in [1.54, 1.807) is 11.6 Å². The van der Waals surface area contributed by atoms with Crippen molar-refractivity contribution in [2.75, 3.05) is 5.32 Å². The van der Waals surface area contributed by atoms with Gasteiger partial charge in [0.25, 0.3) is 18.8 Å². The molecule has 5 rings (SSSR count). The molecule has 1 fully saturated rings. The Bertz CT molecular complexity index is 1550. The van der Waals surface area contributed by atoms with E-state index in [1.807, 2.05) is 6.92 Å². The van der Waals surface area contributed by atoms with E-state index in [1.165, 1.54) is 23.0 Å². The number of nitrogens with two attached hydrogens (primary N) is 1. The van der Waals surface area contributed by atoms with E-state index in [9.17, 15) is 27.2 Å². The Morgan fingerprint density at radius 1 is 1.13 bits per heavy atom. The molecule has 14 heteroatoms. The number of thiophene rings is 1. The van der Waals surface area contributed by atoms with Gasteiger partial charge in [-0.3, -0.25) is 19.0 Å². The number of pyridine rings is 1. The minimum absolute atomic E-state index is 0.0173. The zero-order valence-corrected chi connectivity index (χ0v) is 21.2. The summed E-state index contributed by atoms with van der Waals surface area (Å²) < 4.78 is 56.9. The predicted molar refractivity (Wildman–Crippen MR) is 133 cm³/mol. The molecule has 1 aliphatic rings. The van der Waals surface area contributed by atoms with Gasteiger partial charge >= 0.3 is 0 Å². The first-order chi connectivity index (χ1) is 18.1. The van der Waals surface area contributed by atoms with Crippen LogP contribution in [-0.4, -0.2) is 36.4 Å². The molecule has 200 valence electrons. The highest BCUT2D eigenvalue weighted by Crippen LogP contribution is 2.44. The zero-order chi connectivity index (χ0) is 27.3. The molecule has 3 N–H and O–H groups in total. The quantitative estimate of drug-likeness (QED) is 0.279. The number of alkyl halides is 4. The van der Waals surface area contributed by atoms with Gasteiger partial charge in [-0.25, -0.2) is 22.5 Å². The monoisotopic (exact) mass is 549 g/mol. The van der Waals surface area contributed by atoms with Crippen LogP contribution < -0.4 is 11.1 Å². The van der Waals surface area contributed by atoms with Crippen molar-refractivity contribution in [2.24, 2.45) is 5.73 Å². The van der Waals surface area contributed by atoms with E-state index in [4.69, 9.17) is 5.73 Å². The minimum atomic E-state index is -2.89. The van der Waals surface area contributed by atoms with Gasteiger partial charge in [-0.15, -0.1) is 11.3 Å². The SMILES string of the molecule is CCn1ncc(-c2cc(C(F)F)nc3sc(C(N)=O)c(NC(=O)Cn4nc(C(F)F)cc4C4CC4)c23)c1C. The van der Waals surface area contributed by atoms with Gasteiger partial charge in [0.1, 0.15) is 27.6 Å². The number of amides is 2. The molecule has 38 heavy (non-hydrogen) atoms. The largest absolute Gasteiger partial charge is 0.365 e. The third kappa shape index (κ3) is 4.64. The van der Waals surface area contributed by atoms with Crippen molar-refractivity contribution in [3.05, 3.63) is 46.0 Å². The summed E-state index contributed by atoms with van der Waals surface area (Å²) >= 11 is 0.783. The number of aromatic nitrogens is 5. The van der Waals surface area contributed by atoms with Crippen molar-refractivity contribution in [3.8, 4) is 11.1 Å². The summed E-state index contributed by atoms with van der Waals surface area (Å²) in [6.07, 6.45) is -2.54. The second kappa shape index (κ2) is 9.82. The van der Waals surface area contributed by atoms with Crippen LogP contribution in [0.3, 0.4) is 0 Å². The van der Waals surface area contributed by atoms with Gasteiger partial charge in [-0.05, 0) is 44.4 Å². The van der Waals surface area contributed by atoms with Crippen LogP contribution in [-0.2, 0) is 17.9 Å². The maximum absolute atomic E-state index is 13.7. The molecule has 0 atom stereocenters. The average Bonchev–Trinajstić information content (AvgIpc) is 3.35. The maximum Gasteiger partial charge on any atom is 0.282 e. The normalized spacial score (nSPS) is 13.7. The van der Waals surface area contributed by atoms with Crippen molar-refractivity contribution in [3.63, 3.8) is 0 Å². The van der Waals surface area contributed by atoms with E-state index < -0.39 is 42.6 Å². The van der Waals surface area contributed by atoms with Gasteiger partial charge in [0.15, 0.2) is 0 Å². The van der Waals surface area contributed by atoms with Crippen LogP contribution in [0.25, 0.3) is 21.3 Å². The molecule has 0 aromatic carbocycles. The molecule has 0 saturated heterocycles. The van der Waals surface area contributed by atoms with Gasteiger partial charge in [-0.1, -0.05) is 0 Å². The molecule has 1 saturated carbocycles. The summed E-state index contributed by atoms with van der Waals surface area (Å²) in [5.74, 6) is -1.48. The number of anilines is 1. The summed E-state index contributed by atoms with van der Waals surface area (Å²) in [4.78, 5) is 29.5. The number of nitrogens with one attached hydrogen (secondary N) is 1. The summed E-state index contributed by atoms with van der Waals surface area (Å²) in [5, 5.41) is 11.1. The van der Waals surface area contributed by atoms with Crippen LogP contribution in [0.2, 0.25) is 0 Å². The fraction of sp³-hybridized carbons (Fsp3) is 0.375. The molecule has 0 aliphatic heterocycles. The first-order valence-electron chi connectivity index (χ1n) is 11.8. The zero-order valence-electron chi connectivity index (χ0n) is 20.3. The number of carbonyl (C=O) groups is 2. The van der Waals surface area contributed by atoms with Crippen LogP contribution in [0.5, 0.6) is 0 Å². The number of fused-ring (bicyclic) bond motifs is 1. The molecular weight excluding hydrogens is 526 g/mol. The lowest BCUT2D eigenvalue weighted by atomic mass is 10.0. The Hall–Kier alpha value is -3.81. The fourth-order valence-corrected chi connectivity index (χ4v) is 5.49. The van der Waals surface area contributed by atoms with Crippen molar-refractivity contribution in [1.82, 2.24) is 24.5 Å². The molecular formula is C24H23F4N7O2S. The average molecular weight is 550 g/mol. The lowest BCUT2D eigenvalue weighted by Crippen LogP contribution is -2.22. The maximum atomic E-state index is 13.7. The molecule has 1 aliphatic carbocycles. The summed E-state index contributed by atoms with van der Waals surface area (Å²) in [5.41, 5.74) is 6.73. The third-order valence-electron chi connectivity index (χ3n) is 6.43. The number of hydrogen-bond acceptors (Lipinski definition) is 6. The number of nitrogens with zero attached hydrogens (tertiary/aromatic N) is 5. The highest BCUT2D eigenvalue weighted by atomic mass is 32.1. The van der Waals surface area contributed by atoms with Crippen molar-refractivity contribution >= 4 is 39.1 Å². The van der Waals surface area contributed by atoms with E-state index in [-0.39, 0.29) is 26.7 Å². The Kier molecular flexibility index (Phi) is 6.67. The van der Waals surface area contributed by atoms with Gasteiger partial charge in [0.05, 0.1) is 11.9 Å². The summed E-state index contributed by atoms with van der Waals surface area (Å²) in [6, 6.07) is 2.50. The first kappa shape index (κ1) is 25.8. The summed E-state index contributed by atoms with van der Waals surface area (Å²) in [7, 11) is 0. The number of halogens is 4. The molecule has 0 radical (unpaired) electrons. The molecule has 0 bridgehead atoms. The standard InChI is InChI=1S/C24H23F4N7O2S/c1-3-34-10(2)13(8-30-34)12-6-14(21(25)26)31-24-18(12)19(20(38-24)23(29)37)32-17(36)9-35-16(11-4-5-11)7-15(33-35)22(27)28/h6-8,11,21-22H,3-5,9H2,1-2H3,(H2,29,37)(H,32,36). The molecule has 4 aromatic rings.